The second-order valence-electron chi connectivity index (χ2n) is 5.96. The standard InChI is InChI=1S/C20H17N5O2S/c1-25-19-17(11-23-25)20(22-13-21-19)28-12-18(26)24-14-6-5-9-16(10-14)27-15-7-3-2-4-8-15/h2-11,13H,12H2,1H3,(H,24,26). The highest BCUT2D eigenvalue weighted by Crippen LogP contribution is 2.26. The van der Waals surface area contributed by atoms with Crippen molar-refractivity contribution in [3.63, 3.8) is 0 Å². The lowest BCUT2D eigenvalue weighted by Crippen LogP contribution is -2.14. The fourth-order valence-electron chi connectivity index (χ4n) is 2.65. The molecule has 1 N–H and O–H groups in total. The Labute approximate surface area is 165 Å². The van der Waals surface area contributed by atoms with Crippen LogP contribution in [0.1, 0.15) is 0 Å². The molecule has 0 aliphatic heterocycles. The van der Waals surface area contributed by atoms with Gasteiger partial charge in [-0.25, -0.2) is 9.97 Å². The van der Waals surface area contributed by atoms with Crippen LogP contribution in [-0.4, -0.2) is 31.4 Å². The van der Waals surface area contributed by atoms with Gasteiger partial charge in [0.25, 0.3) is 0 Å². The molecule has 4 aromatic rings. The van der Waals surface area contributed by atoms with E-state index in [-0.39, 0.29) is 11.7 Å². The van der Waals surface area contributed by atoms with Gasteiger partial charge in [-0.05, 0) is 24.3 Å². The van der Waals surface area contributed by atoms with E-state index in [1.54, 1.807) is 16.9 Å². The first-order chi connectivity index (χ1) is 13.7. The summed E-state index contributed by atoms with van der Waals surface area (Å²) in [7, 11) is 1.82. The quantitative estimate of drug-likeness (QED) is 0.397. The second kappa shape index (κ2) is 8.10. The number of amides is 1. The van der Waals surface area contributed by atoms with Crippen molar-refractivity contribution in [1.82, 2.24) is 19.7 Å². The lowest BCUT2D eigenvalue weighted by atomic mass is 10.3. The number of aromatic nitrogens is 4. The maximum Gasteiger partial charge on any atom is 0.234 e. The third-order valence-corrected chi connectivity index (χ3v) is 4.93. The van der Waals surface area contributed by atoms with E-state index in [9.17, 15) is 4.79 Å². The maximum atomic E-state index is 12.4. The number of anilines is 1. The molecule has 0 fully saturated rings. The zero-order chi connectivity index (χ0) is 19.3. The summed E-state index contributed by atoms with van der Waals surface area (Å²) in [6, 6.07) is 16.8. The molecule has 0 saturated heterocycles. The summed E-state index contributed by atoms with van der Waals surface area (Å²) in [6.07, 6.45) is 3.19. The molecule has 0 radical (unpaired) electrons. The largest absolute Gasteiger partial charge is 0.457 e. The lowest BCUT2D eigenvalue weighted by Gasteiger charge is -2.09. The van der Waals surface area contributed by atoms with Gasteiger partial charge < -0.3 is 10.1 Å². The van der Waals surface area contributed by atoms with Crippen molar-refractivity contribution >= 4 is 34.4 Å². The number of para-hydroxylation sites is 1. The molecule has 8 heteroatoms. The van der Waals surface area contributed by atoms with Gasteiger partial charge in [-0.1, -0.05) is 36.0 Å². The fraction of sp³-hybridized carbons (Fsp3) is 0.100. The van der Waals surface area contributed by atoms with Crippen molar-refractivity contribution in [2.75, 3.05) is 11.1 Å². The molecule has 140 valence electrons. The van der Waals surface area contributed by atoms with E-state index in [1.165, 1.54) is 18.1 Å². The van der Waals surface area contributed by atoms with Crippen LogP contribution in [0.5, 0.6) is 11.5 Å². The van der Waals surface area contributed by atoms with Crippen molar-refractivity contribution in [3.05, 3.63) is 67.1 Å². The summed E-state index contributed by atoms with van der Waals surface area (Å²) in [5.41, 5.74) is 1.41. The number of hydrogen-bond donors (Lipinski definition) is 1. The summed E-state index contributed by atoms with van der Waals surface area (Å²) < 4.78 is 7.48. The van der Waals surface area contributed by atoms with Crippen LogP contribution >= 0.6 is 11.8 Å². The molecule has 0 atom stereocenters. The molecule has 4 rings (SSSR count). The zero-order valence-electron chi connectivity index (χ0n) is 15.1. The van der Waals surface area contributed by atoms with Crippen LogP contribution in [0.3, 0.4) is 0 Å². The van der Waals surface area contributed by atoms with E-state index in [1.807, 2.05) is 55.6 Å². The molecule has 7 nitrogen and oxygen atoms in total. The highest BCUT2D eigenvalue weighted by atomic mass is 32.2. The van der Waals surface area contributed by atoms with Crippen molar-refractivity contribution in [1.29, 1.82) is 0 Å². The maximum absolute atomic E-state index is 12.4. The minimum atomic E-state index is -0.127. The summed E-state index contributed by atoms with van der Waals surface area (Å²) in [6.45, 7) is 0. The number of fused-ring (bicyclic) bond motifs is 1. The predicted octanol–water partition coefficient (Wildman–Crippen LogP) is 3.89. The number of benzene rings is 2. The second-order valence-corrected chi connectivity index (χ2v) is 6.93. The van der Waals surface area contributed by atoms with E-state index < -0.39 is 0 Å². The van der Waals surface area contributed by atoms with Crippen molar-refractivity contribution in [2.24, 2.45) is 7.05 Å². The average molecular weight is 391 g/mol. The first kappa shape index (κ1) is 18.0. The molecule has 0 bridgehead atoms. The van der Waals surface area contributed by atoms with Crippen molar-refractivity contribution in [3.8, 4) is 11.5 Å². The number of carbonyl (C=O) groups is 1. The highest BCUT2D eigenvalue weighted by molar-refractivity contribution is 8.00. The zero-order valence-corrected chi connectivity index (χ0v) is 15.9. The number of aryl methyl sites for hydroxylation is 1. The topological polar surface area (TPSA) is 81.9 Å². The number of hydrogen-bond acceptors (Lipinski definition) is 6. The third-order valence-electron chi connectivity index (χ3n) is 3.93. The minimum Gasteiger partial charge on any atom is -0.457 e. The molecule has 0 saturated carbocycles. The predicted molar refractivity (Wildman–Crippen MR) is 109 cm³/mol. The van der Waals surface area contributed by atoms with Crippen LogP contribution in [0.25, 0.3) is 11.0 Å². The van der Waals surface area contributed by atoms with E-state index in [0.29, 0.717) is 11.4 Å². The van der Waals surface area contributed by atoms with Gasteiger partial charge in [0.2, 0.25) is 5.91 Å². The fourth-order valence-corrected chi connectivity index (χ4v) is 3.41. The van der Waals surface area contributed by atoms with Gasteiger partial charge in [0.05, 0.1) is 17.3 Å². The van der Waals surface area contributed by atoms with E-state index in [4.69, 9.17) is 4.74 Å². The Hall–Kier alpha value is -3.39. The molecule has 0 spiro atoms. The van der Waals surface area contributed by atoms with Crippen molar-refractivity contribution in [2.45, 2.75) is 5.03 Å². The third kappa shape index (κ3) is 4.12. The first-order valence-corrected chi connectivity index (χ1v) is 9.56. The van der Waals surface area contributed by atoms with Crippen LogP contribution in [0.15, 0.2) is 72.1 Å². The number of carbonyl (C=O) groups excluding carboxylic acids is 1. The van der Waals surface area contributed by atoms with Gasteiger partial charge in [-0.2, -0.15) is 5.10 Å². The molecule has 28 heavy (non-hydrogen) atoms. The van der Waals surface area contributed by atoms with Crippen molar-refractivity contribution < 1.29 is 9.53 Å². The normalized spacial score (nSPS) is 10.8. The van der Waals surface area contributed by atoms with Crippen LogP contribution in [0.2, 0.25) is 0 Å². The number of rotatable bonds is 6. The van der Waals surface area contributed by atoms with Gasteiger partial charge in [0.1, 0.15) is 22.9 Å². The van der Waals surface area contributed by atoms with E-state index in [0.717, 1.165) is 21.8 Å². The summed E-state index contributed by atoms with van der Waals surface area (Å²) >= 11 is 1.35. The van der Waals surface area contributed by atoms with Gasteiger partial charge >= 0.3 is 0 Å². The van der Waals surface area contributed by atoms with Crippen LogP contribution in [0.4, 0.5) is 5.69 Å². The number of ether oxygens (including phenoxy) is 1. The Balaban J connectivity index is 1.39. The van der Waals surface area contributed by atoms with Crippen LogP contribution in [-0.2, 0) is 11.8 Å². The first-order valence-electron chi connectivity index (χ1n) is 8.57. The monoisotopic (exact) mass is 391 g/mol. The number of nitrogens with zero attached hydrogens (tertiary/aromatic N) is 4. The molecule has 2 heterocycles. The molecule has 0 aliphatic rings. The Morgan fingerprint density at radius 3 is 2.79 bits per heavy atom. The van der Waals surface area contributed by atoms with Gasteiger partial charge in [0, 0.05) is 18.8 Å². The van der Waals surface area contributed by atoms with Gasteiger partial charge in [-0.15, -0.1) is 0 Å². The minimum absolute atomic E-state index is 0.127. The van der Waals surface area contributed by atoms with Crippen LogP contribution in [0, 0.1) is 0 Å². The van der Waals surface area contributed by atoms with Gasteiger partial charge in [-0.3, -0.25) is 9.48 Å². The van der Waals surface area contributed by atoms with E-state index >= 15 is 0 Å². The molecule has 0 unspecified atom stereocenters. The molecule has 2 aromatic carbocycles. The number of nitrogens with one attached hydrogen (secondary N) is 1. The summed E-state index contributed by atoms with van der Waals surface area (Å²) in [5, 5.41) is 8.63. The van der Waals surface area contributed by atoms with E-state index in [2.05, 4.69) is 20.4 Å². The molecule has 2 aromatic heterocycles. The average Bonchev–Trinajstić information content (AvgIpc) is 3.09. The molecular weight excluding hydrogens is 374 g/mol. The smallest absolute Gasteiger partial charge is 0.234 e. The number of thioether (sulfide) groups is 1. The molecule has 1 amide bonds. The highest BCUT2D eigenvalue weighted by Gasteiger charge is 2.11. The van der Waals surface area contributed by atoms with Gasteiger partial charge in [0.15, 0.2) is 5.65 Å². The Morgan fingerprint density at radius 2 is 1.93 bits per heavy atom. The summed E-state index contributed by atoms with van der Waals surface area (Å²) in [4.78, 5) is 20.8. The lowest BCUT2D eigenvalue weighted by molar-refractivity contribution is -0.113. The Bertz CT molecular complexity index is 1110. The Kier molecular flexibility index (Phi) is 5.20. The Morgan fingerprint density at radius 1 is 1.11 bits per heavy atom. The molecule has 0 aliphatic carbocycles. The molecular formula is C20H17N5O2S. The van der Waals surface area contributed by atoms with Crippen LogP contribution < -0.4 is 10.1 Å². The summed E-state index contributed by atoms with van der Waals surface area (Å²) in [5.74, 6) is 1.50. The SMILES string of the molecule is Cn1ncc2c(SCC(=O)Nc3cccc(Oc4ccccc4)c3)ncnc21.